The van der Waals surface area contributed by atoms with Crippen molar-refractivity contribution in [1.82, 2.24) is 0 Å². The number of rotatable bonds is 5. The third-order valence-corrected chi connectivity index (χ3v) is 15.8. The van der Waals surface area contributed by atoms with E-state index in [0.29, 0.717) is 11.2 Å². The molecule has 0 saturated heterocycles. The lowest BCUT2D eigenvalue weighted by Crippen LogP contribution is -2.48. The SMILES string of the molecule is C.C.COc1ccc(-c2ccc3ccccc3c2)cc1C12CC3CC(CC(C3)C1)C2.Cc1ccc2cc(-c3ccc(O)c(C45CC6CC(CC(C6)C4)C5)c3)ccc2c1.O=C=O.O=C=O. The summed E-state index contributed by atoms with van der Waals surface area (Å²) in [4.78, 5) is 32.5. The highest BCUT2D eigenvalue weighted by atomic mass is 16.5. The first-order valence-electron chi connectivity index (χ1n) is 22.6. The lowest BCUT2D eigenvalue weighted by atomic mass is 9.48. The van der Waals surface area contributed by atoms with Crippen LogP contribution < -0.4 is 4.74 Å². The van der Waals surface area contributed by atoms with Gasteiger partial charge in [-0.25, -0.2) is 0 Å². The van der Waals surface area contributed by atoms with Crippen molar-refractivity contribution in [2.24, 2.45) is 35.5 Å². The quantitative estimate of drug-likeness (QED) is 0.185. The van der Waals surface area contributed by atoms with Crippen LogP contribution in [0.5, 0.6) is 11.5 Å². The minimum atomic E-state index is 0. The van der Waals surface area contributed by atoms with Crippen LogP contribution >= 0.6 is 0 Å². The van der Waals surface area contributed by atoms with Gasteiger partial charge < -0.3 is 9.84 Å². The summed E-state index contributed by atoms with van der Waals surface area (Å²) < 4.78 is 5.90. The third-order valence-electron chi connectivity index (χ3n) is 15.8. The molecule has 8 aliphatic rings. The average Bonchev–Trinajstić information content (AvgIpc) is 3.26. The van der Waals surface area contributed by atoms with Crippen molar-refractivity contribution in [3.63, 3.8) is 0 Å². The number of phenols is 1. The zero-order valence-corrected chi connectivity index (χ0v) is 35.9. The number of hydrogen-bond acceptors (Lipinski definition) is 6. The predicted molar refractivity (Wildman–Crippen MR) is 255 cm³/mol. The molecule has 0 aliphatic heterocycles. The van der Waals surface area contributed by atoms with Gasteiger partial charge in [-0.1, -0.05) is 99.3 Å². The summed E-state index contributed by atoms with van der Waals surface area (Å²) in [6.07, 6.45) is 17.2. The molecule has 0 aromatic heterocycles. The third kappa shape index (κ3) is 8.97. The number of aromatic hydroxyl groups is 1. The van der Waals surface area contributed by atoms with Gasteiger partial charge in [-0.2, -0.15) is 19.2 Å². The molecular formula is C58H64O6. The Morgan fingerprint density at radius 3 is 1.33 bits per heavy atom. The molecule has 8 fully saturated rings. The Hall–Kier alpha value is -5.80. The first-order valence-corrected chi connectivity index (χ1v) is 22.6. The Morgan fingerprint density at radius 1 is 0.469 bits per heavy atom. The highest BCUT2D eigenvalue weighted by Crippen LogP contribution is 2.63. The van der Waals surface area contributed by atoms with Gasteiger partial charge in [-0.3, -0.25) is 0 Å². The number of ether oxygens (including phenoxy) is 1. The second-order valence-corrected chi connectivity index (χ2v) is 19.8. The summed E-state index contributed by atoms with van der Waals surface area (Å²) >= 11 is 0. The molecule has 0 heterocycles. The van der Waals surface area contributed by atoms with E-state index >= 15 is 0 Å². The number of hydrogen-bond donors (Lipinski definition) is 1. The van der Waals surface area contributed by atoms with Crippen molar-refractivity contribution in [2.75, 3.05) is 7.11 Å². The smallest absolute Gasteiger partial charge is 0.373 e. The highest BCUT2D eigenvalue weighted by Gasteiger charge is 2.53. The van der Waals surface area contributed by atoms with E-state index in [1.165, 1.54) is 138 Å². The van der Waals surface area contributed by atoms with Crippen molar-refractivity contribution in [3.05, 3.63) is 132 Å². The Kier molecular flexibility index (Phi) is 13.8. The molecule has 0 radical (unpaired) electrons. The summed E-state index contributed by atoms with van der Waals surface area (Å²) in [7, 11) is 1.84. The average molecular weight is 857 g/mol. The number of phenolic OH excluding ortho intramolecular Hbond substituents is 1. The molecule has 0 spiro atoms. The van der Waals surface area contributed by atoms with Gasteiger partial charge in [0, 0.05) is 11.1 Å². The lowest BCUT2D eigenvalue weighted by molar-refractivity contribution is -0.193. The standard InChI is InChI=1S/2C27H28O.2CO2.2CH4/c1-17-2-3-22-12-23(5-4-21(22)8-17)24-6-7-26(28)25(13-24)27-14-18-9-19(15-27)11-20(10-18)16-27;1-28-26-9-8-24(23-7-6-21-4-2-3-5-22(21)13-23)14-25(26)27-15-18-10-19(16-27)12-20(11-18)17-27;2*2-1-3;;/h2-8,12-13,18-20,28H,9-11,14-16H2,1H3;2-9,13-14,18-20H,10-12,15-17H2,1H3;;;2*1H4. The summed E-state index contributed by atoms with van der Waals surface area (Å²) in [5, 5.41) is 16.0. The number of carbonyl (C=O) groups excluding carboxylic acids is 4. The highest BCUT2D eigenvalue weighted by molar-refractivity contribution is 5.89. The molecule has 8 saturated carbocycles. The summed E-state index contributed by atoms with van der Waals surface area (Å²) in [6, 6.07) is 42.2. The lowest BCUT2D eigenvalue weighted by Gasteiger charge is -2.57. The van der Waals surface area contributed by atoms with E-state index in [-0.39, 0.29) is 32.6 Å². The Labute approximate surface area is 379 Å². The van der Waals surface area contributed by atoms with Gasteiger partial charge in [-0.15, -0.1) is 0 Å². The van der Waals surface area contributed by atoms with Gasteiger partial charge in [0.25, 0.3) is 0 Å². The van der Waals surface area contributed by atoms with Crippen LogP contribution in [0.4, 0.5) is 0 Å². The maximum atomic E-state index is 10.8. The largest absolute Gasteiger partial charge is 0.508 e. The van der Waals surface area contributed by atoms with Gasteiger partial charge in [0.2, 0.25) is 0 Å². The summed E-state index contributed by atoms with van der Waals surface area (Å²) in [5.41, 5.74) is 9.73. The van der Waals surface area contributed by atoms with Gasteiger partial charge in [0.05, 0.1) is 7.11 Å². The molecule has 0 unspecified atom stereocenters. The topological polar surface area (TPSA) is 97.7 Å². The van der Waals surface area contributed by atoms with E-state index in [1.54, 1.807) is 0 Å². The van der Waals surface area contributed by atoms with Gasteiger partial charge in [0.15, 0.2) is 0 Å². The fraction of sp³-hybridized carbons (Fsp3) is 0.414. The van der Waals surface area contributed by atoms with E-state index in [4.69, 9.17) is 23.9 Å². The van der Waals surface area contributed by atoms with Crippen LogP contribution in [0.3, 0.4) is 0 Å². The van der Waals surface area contributed by atoms with Crippen molar-refractivity contribution in [2.45, 2.75) is 110 Å². The minimum absolute atomic E-state index is 0. The van der Waals surface area contributed by atoms with Crippen molar-refractivity contribution in [3.8, 4) is 33.8 Å². The molecule has 14 rings (SSSR count). The number of methoxy groups -OCH3 is 1. The molecule has 0 amide bonds. The number of fused-ring (bicyclic) bond motifs is 2. The van der Waals surface area contributed by atoms with Crippen LogP contribution in [0.25, 0.3) is 43.8 Å². The monoisotopic (exact) mass is 856 g/mol. The molecule has 8 bridgehead atoms. The molecular weight excluding hydrogens is 793 g/mol. The first kappa shape index (κ1) is 46.2. The van der Waals surface area contributed by atoms with Crippen molar-refractivity contribution < 1.29 is 29.0 Å². The molecule has 332 valence electrons. The fourth-order valence-corrected chi connectivity index (χ4v) is 14.2. The molecule has 1 N–H and O–H groups in total. The van der Waals surface area contributed by atoms with E-state index < -0.39 is 0 Å². The maximum Gasteiger partial charge on any atom is 0.373 e. The maximum absolute atomic E-state index is 10.8. The van der Waals surface area contributed by atoms with E-state index in [0.717, 1.165) is 41.3 Å². The number of aryl methyl sites for hydroxylation is 1. The fourth-order valence-electron chi connectivity index (χ4n) is 14.2. The van der Waals surface area contributed by atoms with Crippen LogP contribution in [0.15, 0.2) is 115 Å². The Balaban J connectivity index is 0.000000166. The Bertz CT molecular complexity index is 2600. The first-order chi connectivity index (χ1) is 30.1. The van der Waals surface area contributed by atoms with Crippen molar-refractivity contribution >= 4 is 33.8 Å². The minimum Gasteiger partial charge on any atom is -0.508 e. The Morgan fingerprint density at radius 2 is 0.828 bits per heavy atom. The molecule has 6 heteroatoms. The van der Waals surface area contributed by atoms with E-state index in [2.05, 4.69) is 116 Å². The number of benzene rings is 6. The van der Waals surface area contributed by atoms with Crippen LogP contribution in [-0.4, -0.2) is 24.5 Å². The molecule has 0 atom stereocenters. The van der Waals surface area contributed by atoms with Crippen LogP contribution in [0.1, 0.15) is 109 Å². The van der Waals surface area contributed by atoms with Gasteiger partial charge in [-0.05, 0) is 211 Å². The molecule has 6 nitrogen and oxygen atoms in total. The normalized spacial score (nSPS) is 27.2. The molecule has 6 aromatic rings. The molecule has 6 aromatic carbocycles. The molecule has 8 aliphatic carbocycles. The van der Waals surface area contributed by atoms with E-state index in [9.17, 15) is 5.11 Å². The summed E-state index contributed by atoms with van der Waals surface area (Å²) in [5.74, 6) is 7.11. The van der Waals surface area contributed by atoms with Crippen LogP contribution in [0, 0.1) is 42.4 Å². The van der Waals surface area contributed by atoms with Crippen LogP contribution in [0.2, 0.25) is 0 Å². The van der Waals surface area contributed by atoms with Crippen LogP contribution in [-0.2, 0) is 30.0 Å². The molecule has 64 heavy (non-hydrogen) atoms. The van der Waals surface area contributed by atoms with Gasteiger partial charge >= 0.3 is 12.3 Å². The zero-order valence-electron chi connectivity index (χ0n) is 35.9. The second kappa shape index (κ2) is 19.1. The predicted octanol–water partition coefficient (Wildman–Crippen LogP) is 14.1. The van der Waals surface area contributed by atoms with E-state index in [1.807, 2.05) is 13.2 Å². The van der Waals surface area contributed by atoms with Crippen molar-refractivity contribution in [1.29, 1.82) is 0 Å². The zero-order chi connectivity index (χ0) is 43.0. The van der Waals surface area contributed by atoms with Gasteiger partial charge in [0.1, 0.15) is 11.5 Å². The second-order valence-electron chi connectivity index (χ2n) is 19.8. The summed E-state index contributed by atoms with van der Waals surface area (Å²) in [6.45, 7) is 2.14.